The standard InChI is InChI=1S/C12H14FNO4/c1-7(15)11(16)14-10(12(17)18)6-8-2-4-9(13)5-3-8/h2-5,7,10,15H,6H2,1H3,(H,14,16)(H,17,18). The van der Waals surface area contributed by atoms with Crippen molar-refractivity contribution in [3.63, 3.8) is 0 Å². The van der Waals surface area contributed by atoms with Gasteiger partial charge in [0.15, 0.2) is 0 Å². The van der Waals surface area contributed by atoms with Gasteiger partial charge >= 0.3 is 5.97 Å². The van der Waals surface area contributed by atoms with Crippen molar-refractivity contribution in [1.82, 2.24) is 5.32 Å². The molecule has 0 aliphatic rings. The van der Waals surface area contributed by atoms with E-state index < -0.39 is 29.8 Å². The van der Waals surface area contributed by atoms with Crippen LogP contribution in [0.4, 0.5) is 4.39 Å². The fraction of sp³-hybridized carbons (Fsp3) is 0.333. The van der Waals surface area contributed by atoms with Crippen molar-refractivity contribution in [1.29, 1.82) is 0 Å². The minimum Gasteiger partial charge on any atom is -0.480 e. The van der Waals surface area contributed by atoms with Crippen LogP contribution >= 0.6 is 0 Å². The number of aliphatic hydroxyl groups is 1. The molecule has 3 N–H and O–H groups in total. The number of carbonyl (C=O) groups is 2. The number of hydrogen-bond acceptors (Lipinski definition) is 3. The average Bonchev–Trinajstić information content (AvgIpc) is 2.30. The molecule has 0 radical (unpaired) electrons. The molecule has 2 unspecified atom stereocenters. The monoisotopic (exact) mass is 255 g/mol. The highest BCUT2D eigenvalue weighted by Crippen LogP contribution is 2.06. The minimum absolute atomic E-state index is 0.0219. The Balaban J connectivity index is 2.72. The lowest BCUT2D eigenvalue weighted by molar-refractivity contribution is -0.143. The molecule has 0 saturated carbocycles. The molecule has 2 atom stereocenters. The Morgan fingerprint density at radius 1 is 1.33 bits per heavy atom. The lowest BCUT2D eigenvalue weighted by Crippen LogP contribution is -2.45. The fourth-order valence-corrected chi connectivity index (χ4v) is 1.35. The zero-order chi connectivity index (χ0) is 13.7. The Kier molecular flexibility index (Phi) is 4.79. The first kappa shape index (κ1) is 14.1. The van der Waals surface area contributed by atoms with Crippen molar-refractivity contribution in [2.45, 2.75) is 25.5 Å². The number of carboxylic acids is 1. The van der Waals surface area contributed by atoms with Gasteiger partial charge in [0.25, 0.3) is 0 Å². The summed E-state index contributed by atoms with van der Waals surface area (Å²) in [5.74, 6) is -2.39. The van der Waals surface area contributed by atoms with Gasteiger partial charge in [0.05, 0.1) is 0 Å². The number of aliphatic hydroxyl groups excluding tert-OH is 1. The second-order valence-corrected chi connectivity index (χ2v) is 3.91. The van der Waals surface area contributed by atoms with E-state index >= 15 is 0 Å². The quantitative estimate of drug-likeness (QED) is 0.707. The van der Waals surface area contributed by atoms with Crippen LogP contribution in [-0.2, 0) is 16.0 Å². The van der Waals surface area contributed by atoms with E-state index in [2.05, 4.69) is 5.32 Å². The van der Waals surface area contributed by atoms with E-state index in [0.717, 1.165) is 0 Å². The minimum atomic E-state index is -1.28. The summed E-state index contributed by atoms with van der Waals surface area (Å²) in [5.41, 5.74) is 0.578. The van der Waals surface area contributed by atoms with Crippen LogP contribution in [0.5, 0.6) is 0 Å². The molecule has 0 heterocycles. The van der Waals surface area contributed by atoms with Gasteiger partial charge < -0.3 is 15.5 Å². The van der Waals surface area contributed by atoms with Gasteiger partial charge in [-0.3, -0.25) is 4.79 Å². The molecule has 0 spiro atoms. The molecule has 0 aliphatic heterocycles. The molecule has 0 bridgehead atoms. The third-order valence-electron chi connectivity index (χ3n) is 2.35. The molecule has 98 valence electrons. The van der Waals surface area contributed by atoms with E-state index in [4.69, 9.17) is 10.2 Å². The summed E-state index contributed by atoms with van der Waals surface area (Å²) in [6.07, 6.45) is -1.26. The molecule has 5 nitrogen and oxygen atoms in total. The first-order chi connectivity index (χ1) is 8.40. The highest BCUT2D eigenvalue weighted by Gasteiger charge is 2.22. The number of hydrogen-bond donors (Lipinski definition) is 3. The van der Waals surface area contributed by atoms with Crippen LogP contribution in [0.1, 0.15) is 12.5 Å². The largest absolute Gasteiger partial charge is 0.480 e. The summed E-state index contributed by atoms with van der Waals surface area (Å²) < 4.78 is 12.7. The summed E-state index contributed by atoms with van der Waals surface area (Å²) in [5, 5.41) is 20.1. The number of rotatable bonds is 5. The third kappa shape index (κ3) is 4.14. The molecule has 1 aromatic carbocycles. The van der Waals surface area contributed by atoms with Gasteiger partial charge in [-0.05, 0) is 24.6 Å². The molecule has 1 rings (SSSR count). The molecule has 0 aromatic heterocycles. The Bertz CT molecular complexity index is 430. The summed E-state index contributed by atoms with van der Waals surface area (Å²) in [6.45, 7) is 1.24. The van der Waals surface area contributed by atoms with E-state index in [0.29, 0.717) is 5.56 Å². The van der Waals surface area contributed by atoms with Crippen LogP contribution < -0.4 is 5.32 Å². The van der Waals surface area contributed by atoms with Crippen molar-refractivity contribution in [2.75, 3.05) is 0 Å². The molecule has 0 saturated heterocycles. The molecule has 0 aliphatic carbocycles. The van der Waals surface area contributed by atoms with Gasteiger partial charge in [-0.2, -0.15) is 0 Å². The number of amides is 1. The van der Waals surface area contributed by atoms with E-state index in [1.54, 1.807) is 0 Å². The zero-order valence-corrected chi connectivity index (χ0v) is 9.76. The molecular weight excluding hydrogens is 241 g/mol. The predicted molar refractivity (Wildman–Crippen MR) is 61.4 cm³/mol. The number of carbonyl (C=O) groups excluding carboxylic acids is 1. The number of carboxylic acid groups (broad SMARTS) is 1. The van der Waals surface area contributed by atoms with Crippen molar-refractivity contribution in [3.8, 4) is 0 Å². The van der Waals surface area contributed by atoms with E-state index in [-0.39, 0.29) is 6.42 Å². The third-order valence-corrected chi connectivity index (χ3v) is 2.35. The Labute approximate surface area is 103 Å². The summed E-state index contributed by atoms with van der Waals surface area (Å²) in [6, 6.07) is 4.16. The Morgan fingerprint density at radius 3 is 2.33 bits per heavy atom. The molecule has 18 heavy (non-hydrogen) atoms. The number of halogens is 1. The second-order valence-electron chi connectivity index (χ2n) is 3.91. The topological polar surface area (TPSA) is 86.6 Å². The van der Waals surface area contributed by atoms with Crippen LogP contribution in [-0.4, -0.2) is 34.2 Å². The maximum atomic E-state index is 12.7. The zero-order valence-electron chi connectivity index (χ0n) is 9.76. The van der Waals surface area contributed by atoms with Crippen molar-refractivity contribution < 1.29 is 24.2 Å². The van der Waals surface area contributed by atoms with Crippen LogP contribution in [0.3, 0.4) is 0 Å². The van der Waals surface area contributed by atoms with Crippen LogP contribution in [0.15, 0.2) is 24.3 Å². The second kappa shape index (κ2) is 6.11. The van der Waals surface area contributed by atoms with E-state index in [9.17, 15) is 14.0 Å². The van der Waals surface area contributed by atoms with Gasteiger partial charge in [-0.15, -0.1) is 0 Å². The van der Waals surface area contributed by atoms with Gasteiger partial charge in [0, 0.05) is 6.42 Å². The smallest absolute Gasteiger partial charge is 0.326 e. The van der Waals surface area contributed by atoms with Gasteiger partial charge in [-0.1, -0.05) is 12.1 Å². The average molecular weight is 255 g/mol. The highest BCUT2D eigenvalue weighted by atomic mass is 19.1. The lowest BCUT2D eigenvalue weighted by atomic mass is 10.1. The normalized spacial score (nSPS) is 13.7. The van der Waals surface area contributed by atoms with E-state index in [1.165, 1.54) is 31.2 Å². The summed E-state index contributed by atoms with van der Waals surface area (Å²) in [4.78, 5) is 22.2. The molecular formula is C12H14FNO4. The van der Waals surface area contributed by atoms with Crippen molar-refractivity contribution in [3.05, 3.63) is 35.6 Å². The Hall–Kier alpha value is -1.95. The number of nitrogens with one attached hydrogen (secondary N) is 1. The van der Waals surface area contributed by atoms with E-state index in [1.807, 2.05) is 0 Å². The summed E-state index contributed by atoms with van der Waals surface area (Å²) in [7, 11) is 0. The van der Waals surface area contributed by atoms with Gasteiger partial charge in [0.1, 0.15) is 18.0 Å². The number of benzene rings is 1. The van der Waals surface area contributed by atoms with Crippen LogP contribution in [0.25, 0.3) is 0 Å². The Morgan fingerprint density at radius 2 is 1.89 bits per heavy atom. The lowest BCUT2D eigenvalue weighted by Gasteiger charge is -2.15. The molecule has 0 fully saturated rings. The van der Waals surface area contributed by atoms with Gasteiger partial charge in [0.2, 0.25) is 5.91 Å². The number of aliphatic carboxylic acids is 1. The first-order valence-corrected chi connectivity index (χ1v) is 5.36. The molecule has 1 aromatic rings. The maximum absolute atomic E-state index is 12.7. The fourth-order valence-electron chi connectivity index (χ4n) is 1.35. The first-order valence-electron chi connectivity index (χ1n) is 5.36. The predicted octanol–water partition coefficient (Wildman–Crippen LogP) is 0.318. The van der Waals surface area contributed by atoms with Crippen LogP contribution in [0, 0.1) is 5.82 Å². The maximum Gasteiger partial charge on any atom is 0.326 e. The van der Waals surface area contributed by atoms with Crippen molar-refractivity contribution in [2.24, 2.45) is 0 Å². The van der Waals surface area contributed by atoms with Gasteiger partial charge in [-0.25, -0.2) is 9.18 Å². The van der Waals surface area contributed by atoms with Crippen LogP contribution in [0.2, 0.25) is 0 Å². The SMILES string of the molecule is CC(O)C(=O)NC(Cc1ccc(F)cc1)C(=O)O. The summed E-state index contributed by atoms with van der Waals surface area (Å²) >= 11 is 0. The highest BCUT2D eigenvalue weighted by molar-refractivity contribution is 5.86. The van der Waals surface area contributed by atoms with Crippen molar-refractivity contribution >= 4 is 11.9 Å². The molecule has 1 amide bonds. The molecule has 6 heteroatoms.